The smallest absolute Gasteiger partial charge is 0.185 e. The van der Waals surface area contributed by atoms with E-state index in [0.29, 0.717) is 12.0 Å². The minimum atomic E-state index is 0.381. The zero-order valence-electron chi connectivity index (χ0n) is 11.6. The molecule has 22 heavy (non-hydrogen) atoms. The summed E-state index contributed by atoms with van der Waals surface area (Å²) in [7, 11) is 0. The van der Waals surface area contributed by atoms with E-state index >= 15 is 0 Å². The summed E-state index contributed by atoms with van der Waals surface area (Å²) in [5, 5.41) is 3.92. The molecule has 0 saturated carbocycles. The van der Waals surface area contributed by atoms with Crippen molar-refractivity contribution >= 4 is 45.0 Å². The number of para-hydroxylation sites is 1. The van der Waals surface area contributed by atoms with Gasteiger partial charge < -0.3 is 4.42 Å². The van der Waals surface area contributed by atoms with E-state index in [9.17, 15) is 9.59 Å². The molecule has 4 heteroatoms. The Hall–Kier alpha value is -2.72. The zero-order chi connectivity index (χ0) is 15.4. The number of aldehydes is 2. The lowest BCUT2D eigenvalue weighted by molar-refractivity contribution is 0.110. The molecule has 2 heterocycles. The fraction of sp³-hybridized carbons (Fsp3) is 0. The van der Waals surface area contributed by atoms with E-state index in [0.717, 1.165) is 28.2 Å². The highest BCUT2D eigenvalue weighted by molar-refractivity contribution is 7.17. The van der Waals surface area contributed by atoms with Gasteiger partial charge >= 0.3 is 0 Å². The number of benzene rings is 2. The van der Waals surface area contributed by atoms with Crippen molar-refractivity contribution < 1.29 is 14.0 Å². The van der Waals surface area contributed by atoms with Gasteiger partial charge in [-0.3, -0.25) is 9.59 Å². The second-order valence-electron chi connectivity index (χ2n) is 4.61. The van der Waals surface area contributed by atoms with E-state index < -0.39 is 0 Å². The van der Waals surface area contributed by atoms with Gasteiger partial charge in [-0.25, -0.2) is 0 Å². The summed E-state index contributed by atoms with van der Waals surface area (Å²) < 4.78 is 6.32. The van der Waals surface area contributed by atoms with E-state index in [1.807, 2.05) is 53.9 Å². The second-order valence-corrected chi connectivity index (χ2v) is 5.52. The molecule has 0 amide bonds. The van der Waals surface area contributed by atoms with Crippen LogP contribution >= 0.6 is 11.3 Å². The van der Waals surface area contributed by atoms with Gasteiger partial charge in [-0.2, -0.15) is 0 Å². The topological polar surface area (TPSA) is 47.3 Å². The fourth-order valence-electron chi connectivity index (χ4n) is 2.15. The normalized spacial score (nSPS) is 10.2. The van der Waals surface area contributed by atoms with Crippen LogP contribution in [0.2, 0.25) is 0 Å². The van der Waals surface area contributed by atoms with Gasteiger partial charge in [0.25, 0.3) is 0 Å². The molecule has 2 aromatic heterocycles. The Morgan fingerprint density at radius 2 is 1.68 bits per heavy atom. The third-order valence-electron chi connectivity index (χ3n) is 3.20. The monoisotopic (exact) mass is 308 g/mol. The number of rotatable bonds is 2. The first kappa shape index (κ1) is 14.2. The van der Waals surface area contributed by atoms with E-state index in [4.69, 9.17) is 4.42 Å². The van der Waals surface area contributed by atoms with Crippen LogP contribution in [-0.2, 0) is 0 Å². The van der Waals surface area contributed by atoms with E-state index in [2.05, 4.69) is 0 Å². The molecule has 4 aromatic rings. The van der Waals surface area contributed by atoms with E-state index in [-0.39, 0.29) is 0 Å². The molecule has 0 atom stereocenters. The molecule has 0 unspecified atom stereocenters. The highest BCUT2D eigenvalue weighted by Gasteiger charge is 2.00. The molecular formula is C18H12O3S. The van der Waals surface area contributed by atoms with Crippen LogP contribution in [0.15, 0.2) is 64.4 Å². The number of carbonyl (C=O) groups is 2. The molecule has 3 nitrogen and oxygen atoms in total. The Morgan fingerprint density at radius 1 is 0.909 bits per heavy atom. The minimum absolute atomic E-state index is 0.381. The largest absolute Gasteiger partial charge is 0.453 e. The van der Waals surface area contributed by atoms with Gasteiger partial charge in [0, 0.05) is 26.4 Å². The third kappa shape index (κ3) is 2.82. The summed E-state index contributed by atoms with van der Waals surface area (Å²) in [6.45, 7) is 0. The van der Waals surface area contributed by atoms with Crippen molar-refractivity contribution in [3.8, 4) is 0 Å². The first-order chi connectivity index (χ1) is 10.8. The summed E-state index contributed by atoms with van der Waals surface area (Å²) in [5.74, 6) is 0.381. The van der Waals surface area contributed by atoms with Crippen molar-refractivity contribution in [3.05, 3.63) is 71.3 Å². The Morgan fingerprint density at radius 3 is 2.45 bits per heavy atom. The maximum atomic E-state index is 10.5. The van der Waals surface area contributed by atoms with Crippen LogP contribution < -0.4 is 0 Å². The molecule has 0 radical (unpaired) electrons. The third-order valence-corrected chi connectivity index (χ3v) is 4.18. The predicted molar refractivity (Wildman–Crippen MR) is 88.8 cm³/mol. The Balaban J connectivity index is 0.000000131. The fourth-order valence-corrected chi connectivity index (χ4v) is 3.06. The lowest BCUT2D eigenvalue weighted by Gasteiger charge is -1.86. The molecule has 0 spiro atoms. The molecule has 0 aliphatic carbocycles. The van der Waals surface area contributed by atoms with Crippen molar-refractivity contribution in [3.63, 3.8) is 0 Å². The first-order valence-electron chi connectivity index (χ1n) is 6.67. The van der Waals surface area contributed by atoms with Crippen LogP contribution in [0.5, 0.6) is 0 Å². The molecule has 0 aliphatic rings. The van der Waals surface area contributed by atoms with Crippen LogP contribution in [0, 0.1) is 0 Å². The van der Waals surface area contributed by atoms with Gasteiger partial charge in [0.1, 0.15) is 5.58 Å². The summed E-state index contributed by atoms with van der Waals surface area (Å²) in [5.41, 5.74) is 1.56. The lowest BCUT2D eigenvalue weighted by Crippen LogP contribution is -1.72. The number of fused-ring (bicyclic) bond motifs is 2. The van der Waals surface area contributed by atoms with Gasteiger partial charge in [0.15, 0.2) is 18.3 Å². The van der Waals surface area contributed by atoms with Crippen LogP contribution in [-0.4, -0.2) is 12.6 Å². The number of thiophene rings is 1. The molecule has 2 aromatic carbocycles. The standard InChI is InChI=1S/C9H6O2.C9H6OS/c10-6-8-5-7-3-1-2-4-9(7)11-8;10-5-7-6-11-9-4-2-1-3-8(7)9/h2*1-6H. The van der Waals surface area contributed by atoms with Crippen molar-refractivity contribution in [1.82, 2.24) is 0 Å². The molecule has 0 aliphatic heterocycles. The summed E-state index contributed by atoms with van der Waals surface area (Å²) >= 11 is 1.61. The molecule has 4 rings (SSSR count). The lowest BCUT2D eigenvalue weighted by atomic mass is 10.2. The van der Waals surface area contributed by atoms with Gasteiger partial charge in [0.2, 0.25) is 0 Å². The van der Waals surface area contributed by atoms with Crippen LogP contribution in [0.4, 0.5) is 0 Å². The predicted octanol–water partition coefficient (Wildman–Crippen LogP) is 4.96. The molecular weight excluding hydrogens is 296 g/mol. The van der Waals surface area contributed by atoms with Crippen molar-refractivity contribution in [2.24, 2.45) is 0 Å². The van der Waals surface area contributed by atoms with Crippen LogP contribution in [0.1, 0.15) is 20.9 Å². The summed E-state index contributed by atoms with van der Waals surface area (Å²) in [6, 6.07) is 17.2. The van der Waals surface area contributed by atoms with Crippen LogP contribution in [0.25, 0.3) is 21.1 Å². The SMILES string of the molecule is O=Cc1cc2ccccc2o1.O=Cc1csc2ccccc12. The van der Waals surface area contributed by atoms with E-state index in [1.54, 1.807) is 17.4 Å². The average molecular weight is 308 g/mol. The van der Waals surface area contributed by atoms with Crippen LogP contribution in [0.3, 0.4) is 0 Å². The zero-order valence-corrected chi connectivity index (χ0v) is 12.4. The van der Waals surface area contributed by atoms with Crippen molar-refractivity contribution in [1.29, 1.82) is 0 Å². The summed E-state index contributed by atoms with van der Waals surface area (Å²) in [4.78, 5) is 20.8. The van der Waals surface area contributed by atoms with Gasteiger partial charge in [-0.15, -0.1) is 11.3 Å². The Labute approximate surface area is 130 Å². The minimum Gasteiger partial charge on any atom is -0.453 e. The van der Waals surface area contributed by atoms with Crippen molar-refractivity contribution in [2.75, 3.05) is 0 Å². The molecule has 0 saturated heterocycles. The molecule has 0 bridgehead atoms. The van der Waals surface area contributed by atoms with Crippen molar-refractivity contribution in [2.45, 2.75) is 0 Å². The number of hydrogen-bond acceptors (Lipinski definition) is 4. The second kappa shape index (κ2) is 6.37. The number of furan rings is 1. The van der Waals surface area contributed by atoms with Gasteiger partial charge in [0.05, 0.1) is 0 Å². The molecule has 0 N–H and O–H groups in total. The highest BCUT2D eigenvalue weighted by Crippen LogP contribution is 2.23. The quantitative estimate of drug-likeness (QED) is 0.492. The summed E-state index contributed by atoms with van der Waals surface area (Å²) in [6.07, 6.45) is 1.61. The number of carbonyl (C=O) groups excluding carboxylic acids is 2. The molecule has 108 valence electrons. The Bertz CT molecular complexity index is 892. The van der Waals surface area contributed by atoms with E-state index in [1.165, 1.54) is 4.70 Å². The highest BCUT2D eigenvalue weighted by atomic mass is 32.1. The number of hydrogen-bond donors (Lipinski definition) is 0. The maximum absolute atomic E-state index is 10.5. The first-order valence-corrected chi connectivity index (χ1v) is 7.55. The van der Waals surface area contributed by atoms with Gasteiger partial charge in [-0.05, 0) is 18.2 Å². The van der Waals surface area contributed by atoms with Gasteiger partial charge in [-0.1, -0.05) is 36.4 Å². The average Bonchev–Trinajstić information content (AvgIpc) is 3.18. The molecule has 0 fully saturated rings. The Kier molecular flexibility index (Phi) is 4.12. The maximum Gasteiger partial charge on any atom is 0.185 e.